The molecule has 5 heteroatoms. The second kappa shape index (κ2) is 6.26. The van der Waals surface area contributed by atoms with E-state index in [0.29, 0.717) is 17.9 Å². The van der Waals surface area contributed by atoms with Crippen molar-refractivity contribution in [2.24, 2.45) is 5.92 Å². The first-order chi connectivity index (χ1) is 10.2. The summed E-state index contributed by atoms with van der Waals surface area (Å²) >= 11 is 0. The second-order valence-electron chi connectivity index (χ2n) is 6.71. The van der Waals surface area contributed by atoms with Crippen molar-refractivity contribution in [3.63, 3.8) is 0 Å². The molecule has 0 amide bonds. The molecular formula is C16H26N4O. The van der Waals surface area contributed by atoms with Crippen molar-refractivity contribution < 1.29 is 4.79 Å². The normalized spacial score (nSPS) is 27.7. The molecule has 1 aromatic heterocycles. The van der Waals surface area contributed by atoms with Gasteiger partial charge < -0.3 is 0 Å². The zero-order valence-electron chi connectivity index (χ0n) is 13.2. The molecule has 1 saturated carbocycles. The van der Waals surface area contributed by atoms with E-state index in [1.54, 1.807) is 6.33 Å². The Bertz CT molecular complexity index is 496. The number of likely N-dealkylation sites (tertiary alicyclic amines) is 1. The quantitative estimate of drug-likeness (QED) is 0.855. The van der Waals surface area contributed by atoms with Gasteiger partial charge in [-0.25, -0.2) is 9.67 Å². The largest absolute Gasteiger partial charge is 0.299 e. The molecule has 0 N–H and O–H groups in total. The summed E-state index contributed by atoms with van der Waals surface area (Å²) in [5.41, 5.74) is 0. The molecule has 0 spiro atoms. The number of aromatic nitrogens is 3. The van der Waals surface area contributed by atoms with Crippen LogP contribution in [0, 0.1) is 5.92 Å². The monoisotopic (exact) mass is 290 g/mol. The van der Waals surface area contributed by atoms with Gasteiger partial charge in [0.25, 0.3) is 0 Å². The lowest BCUT2D eigenvalue weighted by molar-refractivity contribution is -0.126. The number of carbonyl (C=O) groups excluding carboxylic acids is 1. The number of ketones is 1. The molecule has 0 radical (unpaired) electrons. The lowest BCUT2D eigenvalue weighted by Crippen LogP contribution is -2.40. The van der Waals surface area contributed by atoms with Gasteiger partial charge in [-0.2, -0.15) is 5.10 Å². The Balaban J connectivity index is 1.72. The Morgan fingerprint density at radius 2 is 2.14 bits per heavy atom. The minimum absolute atomic E-state index is 0.261. The van der Waals surface area contributed by atoms with Crippen molar-refractivity contribution in [2.45, 2.75) is 71.0 Å². The van der Waals surface area contributed by atoms with Crippen LogP contribution in [0.4, 0.5) is 0 Å². The molecule has 2 unspecified atom stereocenters. The fourth-order valence-corrected chi connectivity index (χ4v) is 3.92. The second-order valence-corrected chi connectivity index (χ2v) is 6.71. The molecule has 0 bridgehead atoms. The van der Waals surface area contributed by atoms with Gasteiger partial charge in [-0.1, -0.05) is 6.42 Å². The SMILES string of the molecule is CC(C)n1ncnc1CN1CCCC1C1CCCCC1=O. The lowest BCUT2D eigenvalue weighted by atomic mass is 9.82. The molecule has 116 valence electrons. The summed E-state index contributed by atoms with van der Waals surface area (Å²) < 4.78 is 2.00. The van der Waals surface area contributed by atoms with E-state index in [2.05, 4.69) is 28.8 Å². The van der Waals surface area contributed by atoms with Gasteiger partial charge in [0.1, 0.15) is 17.9 Å². The molecule has 5 nitrogen and oxygen atoms in total. The molecule has 2 aliphatic rings. The molecule has 21 heavy (non-hydrogen) atoms. The number of Topliss-reactive ketones (excluding diaryl/α,β-unsaturated/α-hetero) is 1. The highest BCUT2D eigenvalue weighted by molar-refractivity contribution is 5.82. The molecule has 2 fully saturated rings. The maximum atomic E-state index is 12.2. The van der Waals surface area contributed by atoms with E-state index in [1.165, 1.54) is 12.8 Å². The van der Waals surface area contributed by atoms with Crippen LogP contribution in [-0.2, 0) is 11.3 Å². The fourth-order valence-electron chi connectivity index (χ4n) is 3.92. The zero-order valence-corrected chi connectivity index (χ0v) is 13.2. The first-order valence-electron chi connectivity index (χ1n) is 8.32. The third-order valence-electron chi connectivity index (χ3n) is 4.96. The summed E-state index contributed by atoms with van der Waals surface area (Å²) in [5.74, 6) is 1.78. The predicted molar refractivity (Wildman–Crippen MR) is 80.8 cm³/mol. The van der Waals surface area contributed by atoms with E-state index < -0.39 is 0 Å². The van der Waals surface area contributed by atoms with E-state index >= 15 is 0 Å². The van der Waals surface area contributed by atoms with Crippen LogP contribution in [0.25, 0.3) is 0 Å². The topological polar surface area (TPSA) is 51.0 Å². The van der Waals surface area contributed by atoms with Crippen LogP contribution in [-0.4, -0.2) is 38.0 Å². The number of carbonyl (C=O) groups is 1. The van der Waals surface area contributed by atoms with Crippen LogP contribution in [0.2, 0.25) is 0 Å². The third-order valence-corrected chi connectivity index (χ3v) is 4.96. The zero-order chi connectivity index (χ0) is 14.8. The summed E-state index contributed by atoms with van der Waals surface area (Å²) in [6.45, 7) is 6.17. The third kappa shape index (κ3) is 3.03. The van der Waals surface area contributed by atoms with Crippen LogP contribution >= 0.6 is 0 Å². The highest BCUT2D eigenvalue weighted by Crippen LogP contribution is 2.33. The first kappa shape index (κ1) is 14.7. The number of hydrogen-bond donors (Lipinski definition) is 0. The van der Waals surface area contributed by atoms with E-state index in [9.17, 15) is 4.79 Å². The fraction of sp³-hybridized carbons (Fsp3) is 0.812. The van der Waals surface area contributed by atoms with Crippen molar-refractivity contribution in [2.75, 3.05) is 6.54 Å². The Labute approximate surface area is 126 Å². The first-order valence-corrected chi connectivity index (χ1v) is 8.32. The van der Waals surface area contributed by atoms with Gasteiger partial charge in [0.05, 0.1) is 6.54 Å². The maximum absolute atomic E-state index is 12.2. The van der Waals surface area contributed by atoms with Crippen molar-refractivity contribution >= 4 is 5.78 Å². The lowest BCUT2D eigenvalue weighted by Gasteiger charge is -2.32. The Morgan fingerprint density at radius 3 is 2.90 bits per heavy atom. The van der Waals surface area contributed by atoms with Gasteiger partial charge >= 0.3 is 0 Å². The molecule has 1 aliphatic carbocycles. The van der Waals surface area contributed by atoms with Crippen LogP contribution in [0.15, 0.2) is 6.33 Å². The predicted octanol–water partition coefficient (Wildman–Crippen LogP) is 2.58. The van der Waals surface area contributed by atoms with Gasteiger partial charge in [-0.15, -0.1) is 0 Å². The molecule has 1 aliphatic heterocycles. The Morgan fingerprint density at radius 1 is 1.29 bits per heavy atom. The molecular weight excluding hydrogens is 264 g/mol. The summed E-state index contributed by atoms with van der Waals surface area (Å²) in [5, 5.41) is 4.32. The van der Waals surface area contributed by atoms with E-state index in [1.807, 2.05) is 4.68 Å². The highest BCUT2D eigenvalue weighted by atomic mass is 16.1. The molecule has 1 aromatic rings. The van der Waals surface area contributed by atoms with E-state index in [4.69, 9.17) is 0 Å². The van der Waals surface area contributed by atoms with Crippen molar-refractivity contribution in [1.29, 1.82) is 0 Å². The number of hydrogen-bond acceptors (Lipinski definition) is 4. The van der Waals surface area contributed by atoms with Crippen molar-refractivity contribution in [3.8, 4) is 0 Å². The molecule has 1 saturated heterocycles. The highest BCUT2D eigenvalue weighted by Gasteiger charge is 2.37. The number of nitrogens with zero attached hydrogens (tertiary/aromatic N) is 4. The average molecular weight is 290 g/mol. The summed E-state index contributed by atoms with van der Waals surface area (Å²) in [7, 11) is 0. The summed E-state index contributed by atoms with van der Waals surface area (Å²) in [4.78, 5) is 19.1. The minimum Gasteiger partial charge on any atom is -0.299 e. The van der Waals surface area contributed by atoms with Gasteiger partial charge in [-0.3, -0.25) is 9.69 Å². The molecule has 3 rings (SSSR count). The smallest absolute Gasteiger partial charge is 0.141 e. The maximum Gasteiger partial charge on any atom is 0.141 e. The van der Waals surface area contributed by atoms with Crippen LogP contribution in [0.5, 0.6) is 0 Å². The number of rotatable bonds is 4. The van der Waals surface area contributed by atoms with Gasteiger partial charge in [0.2, 0.25) is 0 Å². The molecule has 0 aromatic carbocycles. The summed E-state index contributed by atoms with van der Waals surface area (Å²) in [6, 6.07) is 0.759. The minimum atomic E-state index is 0.261. The van der Waals surface area contributed by atoms with E-state index in [-0.39, 0.29) is 5.92 Å². The molecule has 2 atom stereocenters. The molecule has 2 heterocycles. The Kier molecular flexibility index (Phi) is 4.38. The van der Waals surface area contributed by atoms with Crippen LogP contribution in [0.3, 0.4) is 0 Å². The van der Waals surface area contributed by atoms with Gasteiger partial charge in [-0.05, 0) is 46.1 Å². The van der Waals surface area contributed by atoms with Crippen molar-refractivity contribution in [1.82, 2.24) is 19.7 Å². The standard InChI is InChI=1S/C16H26N4O/c1-12(2)20-16(17-11-18-20)10-19-9-5-7-14(19)13-6-3-4-8-15(13)21/h11-14H,3-10H2,1-2H3. The van der Waals surface area contributed by atoms with Crippen molar-refractivity contribution in [3.05, 3.63) is 12.2 Å². The van der Waals surface area contributed by atoms with E-state index in [0.717, 1.165) is 44.6 Å². The van der Waals surface area contributed by atoms with Crippen LogP contribution < -0.4 is 0 Å². The average Bonchev–Trinajstić information content (AvgIpc) is 3.09. The van der Waals surface area contributed by atoms with Crippen LogP contribution in [0.1, 0.15) is 64.2 Å². The van der Waals surface area contributed by atoms with Gasteiger partial charge in [0.15, 0.2) is 0 Å². The van der Waals surface area contributed by atoms with Gasteiger partial charge in [0, 0.05) is 24.4 Å². The Hall–Kier alpha value is -1.23. The summed E-state index contributed by atoms with van der Waals surface area (Å²) in [6.07, 6.45) is 8.17.